The molecule has 0 spiro atoms. The Morgan fingerprint density at radius 2 is 0.959 bits per heavy atom. The van der Waals surface area contributed by atoms with Crippen molar-refractivity contribution in [2.75, 3.05) is 13.2 Å². The molecule has 1 unspecified atom stereocenters. The van der Waals surface area contributed by atoms with Gasteiger partial charge >= 0.3 is 0 Å². The minimum absolute atomic E-state index is 0.0147. The minimum Gasteiger partial charge on any atom is -0.507 e. The molecule has 0 saturated carbocycles. The highest BCUT2D eigenvalue weighted by Gasteiger charge is 2.27. The molecule has 0 radical (unpaired) electrons. The average molecular weight is 983 g/mol. The van der Waals surface area contributed by atoms with E-state index in [1.807, 2.05) is 97.9 Å². The monoisotopic (exact) mass is 982 g/mol. The smallest absolute Gasteiger partial charge is 0.267 e. The van der Waals surface area contributed by atoms with Crippen LogP contribution in [0.1, 0.15) is 56.9 Å². The van der Waals surface area contributed by atoms with E-state index in [1.54, 1.807) is 36.4 Å². The van der Waals surface area contributed by atoms with E-state index in [1.165, 1.54) is 12.1 Å². The van der Waals surface area contributed by atoms with Crippen molar-refractivity contribution < 1.29 is 38.7 Å². The SMILES string of the molecule is CCCCOc1ccc(-c2nc(-c3ccc(C)cc3O)nc(-c3ccc(OCCCC)cc3O)n2)c(O)c1.c1ccc(-c2ccc3c(c2)OC(c2ccc(-c4nc5ccc(-c6ccccc6)cc5o4)cc2)O3)cc1. The number of ether oxygens (including phenoxy) is 4. The maximum atomic E-state index is 10.8. The Bertz CT molecular complexity index is 3470. The lowest BCUT2D eigenvalue weighted by molar-refractivity contribution is 0.0487. The summed E-state index contributed by atoms with van der Waals surface area (Å²) >= 11 is 0. The number of hydrogen-bond donors (Lipinski definition) is 3. The van der Waals surface area contributed by atoms with Gasteiger partial charge in [0, 0.05) is 23.3 Å². The van der Waals surface area contributed by atoms with Gasteiger partial charge in [-0.05, 0) is 120 Å². The Balaban J connectivity index is 0.000000169. The number of aromatic nitrogens is 4. The summed E-state index contributed by atoms with van der Waals surface area (Å²) in [7, 11) is 0. The van der Waals surface area contributed by atoms with Crippen LogP contribution in [0.25, 0.3) is 79.0 Å². The van der Waals surface area contributed by atoms with Gasteiger partial charge in [0.25, 0.3) is 6.29 Å². The Labute approximate surface area is 429 Å². The highest BCUT2D eigenvalue weighted by Crippen LogP contribution is 2.43. The number of benzene rings is 8. The Morgan fingerprint density at radius 3 is 1.50 bits per heavy atom. The van der Waals surface area contributed by atoms with Gasteiger partial charge in [-0.25, -0.2) is 19.9 Å². The van der Waals surface area contributed by atoms with Crippen molar-refractivity contribution in [3.63, 3.8) is 0 Å². The second-order valence-corrected chi connectivity index (χ2v) is 17.9. The van der Waals surface area contributed by atoms with Gasteiger partial charge in [-0.2, -0.15) is 0 Å². The van der Waals surface area contributed by atoms with Crippen LogP contribution in [0.5, 0.6) is 40.2 Å². The van der Waals surface area contributed by atoms with Crippen molar-refractivity contribution in [3.05, 3.63) is 187 Å². The first-order chi connectivity index (χ1) is 36.2. The van der Waals surface area contributed by atoms with Gasteiger partial charge in [-0.3, -0.25) is 0 Å². The maximum Gasteiger partial charge on any atom is 0.267 e. The molecular weight excluding hydrogens is 929 g/mol. The fraction of sp³-hybridized carbons (Fsp3) is 0.161. The van der Waals surface area contributed by atoms with E-state index in [9.17, 15) is 15.3 Å². The number of phenolic OH excluding ortho intramolecular Hbond substituents is 3. The lowest BCUT2D eigenvalue weighted by Gasteiger charge is -2.13. The van der Waals surface area contributed by atoms with Crippen molar-refractivity contribution in [1.82, 2.24) is 19.9 Å². The quantitative estimate of drug-likeness (QED) is 0.0835. The number of fused-ring (bicyclic) bond motifs is 2. The van der Waals surface area contributed by atoms with E-state index in [0.717, 1.165) is 87.2 Å². The van der Waals surface area contributed by atoms with Crippen LogP contribution in [0, 0.1) is 6.92 Å². The topological polar surface area (TPSA) is 162 Å². The van der Waals surface area contributed by atoms with E-state index >= 15 is 0 Å². The largest absolute Gasteiger partial charge is 0.507 e. The molecule has 10 aromatic rings. The van der Waals surface area contributed by atoms with Crippen LogP contribution in [0.2, 0.25) is 0 Å². The molecule has 12 nitrogen and oxygen atoms in total. The first-order valence-electron chi connectivity index (χ1n) is 24.8. The Morgan fingerprint density at radius 1 is 0.459 bits per heavy atom. The molecule has 2 aromatic heterocycles. The predicted octanol–water partition coefficient (Wildman–Crippen LogP) is 15.0. The summed E-state index contributed by atoms with van der Waals surface area (Å²) in [6.07, 6.45) is 3.34. The molecule has 0 aliphatic carbocycles. The third-order valence-electron chi connectivity index (χ3n) is 12.4. The number of rotatable bonds is 15. The van der Waals surface area contributed by atoms with Gasteiger partial charge in [0.1, 0.15) is 34.3 Å². The summed E-state index contributed by atoms with van der Waals surface area (Å²) in [5, 5.41) is 32.2. The molecule has 0 amide bonds. The van der Waals surface area contributed by atoms with Crippen LogP contribution >= 0.6 is 0 Å². The lowest BCUT2D eigenvalue weighted by atomic mass is 10.1. The van der Waals surface area contributed by atoms with E-state index in [2.05, 4.69) is 70.2 Å². The molecule has 3 N–H and O–H groups in total. The maximum absolute atomic E-state index is 10.8. The average Bonchev–Trinajstić information content (AvgIpc) is 4.06. The number of nitrogens with zero attached hydrogens (tertiary/aromatic N) is 4. The van der Waals surface area contributed by atoms with Gasteiger partial charge in [0.2, 0.25) is 5.89 Å². The van der Waals surface area contributed by atoms with Crippen LogP contribution in [-0.2, 0) is 0 Å². The van der Waals surface area contributed by atoms with Crippen LogP contribution in [0.3, 0.4) is 0 Å². The summed E-state index contributed by atoms with van der Waals surface area (Å²) in [6.45, 7) is 7.14. The molecule has 1 aliphatic heterocycles. The number of oxazole rings is 1. The van der Waals surface area contributed by atoms with Crippen molar-refractivity contribution in [2.24, 2.45) is 0 Å². The summed E-state index contributed by atoms with van der Waals surface area (Å²) in [5.41, 5.74) is 9.94. The molecule has 12 heteroatoms. The van der Waals surface area contributed by atoms with Crippen LogP contribution in [0.4, 0.5) is 0 Å². The van der Waals surface area contributed by atoms with E-state index in [-0.39, 0.29) is 34.7 Å². The van der Waals surface area contributed by atoms with Gasteiger partial charge in [0.15, 0.2) is 34.6 Å². The van der Waals surface area contributed by atoms with E-state index in [4.69, 9.17) is 23.4 Å². The van der Waals surface area contributed by atoms with Gasteiger partial charge in [0.05, 0.1) is 29.9 Å². The zero-order chi connectivity index (χ0) is 51.0. The van der Waals surface area contributed by atoms with Crippen LogP contribution < -0.4 is 18.9 Å². The molecule has 0 bridgehead atoms. The normalized spacial score (nSPS) is 12.6. The zero-order valence-corrected chi connectivity index (χ0v) is 41.2. The van der Waals surface area contributed by atoms with Gasteiger partial charge in [-0.15, -0.1) is 0 Å². The third kappa shape index (κ3) is 11.0. The molecule has 0 fully saturated rings. The van der Waals surface area contributed by atoms with Crippen molar-refractivity contribution >= 4 is 11.1 Å². The summed E-state index contributed by atoms with van der Waals surface area (Å²) in [5.74, 6) is 3.65. The fourth-order valence-corrected chi connectivity index (χ4v) is 8.36. The number of phenols is 3. The van der Waals surface area contributed by atoms with Gasteiger partial charge < -0.3 is 38.7 Å². The second-order valence-electron chi connectivity index (χ2n) is 17.9. The molecule has 8 aromatic carbocycles. The minimum atomic E-state index is -0.489. The second kappa shape index (κ2) is 22.1. The zero-order valence-electron chi connectivity index (χ0n) is 41.2. The first-order valence-corrected chi connectivity index (χ1v) is 24.8. The fourth-order valence-electron chi connectivity index (χ4n) is 8.36. The molecule has 3 heterocycles. The van der Waals surface area contributed by atoms with E-state index in [0.29, 0.717) is 47.3 Å². The Kier molecular flexibility index (Phi) is 14.5. The molecule has 0 saturated heterocycles. The standard InChI is InChI=1S/C32H21NO3.C30H33N3O5/c1-3-7-21(8-4-1)25-15-17-27-29(19-25)34-31(33-27)23-11-13-24(14-12-23)32-35-28-18-16-26(20-30(28)36-32)22-9-5-2-6-10-22;1-4-6-14-37-20-9-12-23(26(35)17-20)29-31-28(22-11-8-19(3)16-25(22)34)32-30(33-29)24-13-10-21(18-27(24)36)38-15-7-5-2/h1-20,32H;8-13,16-18,34-36H,4-7,14-15H2,1-3H3. The highest BCUT2D eigenvalue weighted by molar-refractivity contribution is 5.82. The summed E-state index contributed by atoms with van der Waals surface area (Å²) < 4.78 is 29.7. The van der Waals surface area contributed by atoms with Gasteiger partial charge in [-0.1, -0.05) is 118 Å². The Hall–Kier alpha value is -9.16. The van der Waals surface area contributed by atoms with Crippen LogP contribution in [-0.4, -0.2) is 48.5 Å². The van der Waals surface area contributed by atoms with Crippen molar-refractivity contribution in [3.8, 4) is 108 Å². The molecule has 370 valence electrons. The third-order valence-corrected chi connectivity index (χ3v) is 12.4. The lowest BCUT2D eigenvalue weighted by Crippen LogP contribution is -2.07. The summed E-state index contributed by atoms with van der Waals surface area (Å²) in [6, 6.07) is 55.7. The number of hydrogen-bond acceptors (Lipinski definition) is 12. The number of aromatic hydroxyl groups is 3. The summed E-state index contributed by atoms with van der Waals surface area (Å²) in [4.78, 5) is 18.4. The van der Waals surface area contributed by atoms with Crippen molar-refractivity contribution in [2.45, 2.75) is 52.7 Å². The number of aryl methyl sites for hydroxylation is 1. The molecule has 11 rings (SSSR count). The van der Waals surface area contributed by atoms with Crippen LogP contribution in [0.15, 0.2) is 180 Å². The highest BCUT2D eigenvalue weighted by atomic mass is 16.7. The first kappa shape index (κ1) is 48.5. The molecule has 1 atom stereocenters. The molecule has 74 heavy (non-hydrogen) atoms. The van der Waals surface area contributed by atoms with Crippen molar-refractivity contribution in [1.29, 1.82) is 0 Å². The predicted molar refractivity (Wildman–Crippen MR) is 287 cm³/mol. The van der Waals surface area contributed by atoms with E-state index < -0.39 is 6.29 Å². The molecular formula is C62H54N4O8. The molecule has 1 aliphatic rings. The number of unbranched alkanes of at least 4 members (excludes halogenated alkanes) is 2.